The normalized spacial score (nSPS) is 19.6. The van der Waals surface area contributed by atoms with Gasteiger partial charge in [0.15, 0.2) is 5.78 Å². The van der Waals surface area contributed by atoms with E-state index in [0.29, 0.717) is 10.6 Å². The summed E-state index contributed by atoms with van der Waals surface area (Å²) in [7, 11) is 1.56. The van der Waals surface area contributed by atoms with Crippen LogP contribution in [-0.4, -0.2) is 41.8 Å². The molecule has 1 aromatic carbocycles. The van der Waals surface area contributed by atoms with Crippen molar-refractivity contribution in [2.45, 2.75) is 25.8 Å². The van der Waals surface area contributed by atoms with Gasteiger partial charge < -0.3 is 10.1 Å². The summed E-state index contributed by atoms with van der Waals surface area (Å²) in [5.74, 6) is 0.00235. The number of urea groups is 1. The molecule has 1 aliphatic heterocycles. The average Bonchev–Trinajstić information content (AvgIpc) is 3.13. The Morgan fingerprint density at radius 2 is 1.96 bits per heavy atom. The highest BCUT2D eigenvalue weighted by Crippen LogP contribution is 2.27. The first-order valence-corrected chi connectivity index (χ1v) is 9.01. The highest BCUT2D eigenvalue weighted by molar-refractivity contribution is 7.14. The summed E-state index contributed by atoms with van der Waals surface area (Å²) in [6, 6.07) is 10.4. The van der Waals surface area contributed by atoms with E-state index in [1.54, 1.807) is 26.2 Å². The number of rotatable bonds is 6. The zero-order chi connectivity index (χ0) is 18.9. The predicted octanol–water partition coefficient (Wildman–Crippen LogP) is 2.80. The number of carbonyl (C=O) groups is 3. The number of nitrogens with zero attached hydrogens (tertiary/aromatic N) is 1. The lowest BCUT2D eigenvalue weighted by Crippen LogP contribution is -2.46. The van der Waals surface area contributed by atoms with Crippen LogP contribution in [0.1, 0.15) is 27.0 Å². The maximum atomic E-state index is 12.9. The summed E-state index contributed by atoms with van der Waals surface area (Å²) in [5, 5.41) is 2.73. The highest BCUT2D eigenvalue weighted by Gasteiger charge is 2.48. The van der Waals surface area contributed by atoms with Crippen molar-refractivity contribution in [2.75, 3.05) is 13.7 Å². The molecule has 2 heterocycles. The summed E-state index contributed by atoms with van der Waals surface area (Å²) in [6.45, 7) is 3.31. The molecule has 0 aliphatic carbocycles. The second-order valence-corrected chi connectivity index (χ2v) is 7.76. The van der Waals surface area contributed by atoms with Gasteiger partial charge in [-0.2, -0.15) is 0 Å². The lowest BCUT2D eigenvalue weighted by atomic mass is 9.92. The van der Waals surface area contributed by atoms with E-state index in [1.807, 2.05) is 31.2 Å². The van der Waals surface area contributed by atoms with Crippen LogP contribution in [0.5, 0.6) is 5.75 Å². The second-order valence-electron chi connectivity index (χ2n) is 6.48. The van der Waals surface area contributed by atoms with Gasteiger partial charge in [0, 0.05) is 11.3 Å². The molecule has 6 nitrogen and oxygen atoms in total. The van der Waals surface area contributed by atoms with Crippen LogP contribution >= 0.6 is 11.3 Å². The van der Waals surface area contributed by atoms with E-state index in [0.717, 1.165) is 15.3 Å². The molecular weight excluding hydrogens is 352 g/mol. The zero-order valence-electron chi connectivity index (χ0n) is 14.9. The Labute approximate surface area is 155 Å². The topological polar surface area (TPSA) is 75.7 Å². The molecule has 0 radical (unpaired) electrons. The van der Waals surface area contributed by atoms with Gasteiger partial charge in [-0.05, 0) is 37.6 Å². The van der Waals surface area contributed by atoms with Crippen molar-refractivity contribution in [2.24, 2.45) is 0 Å². The number of ketones is 1. The molecular formula is C19H20N2O4S. The van der Waals surface area contributed by atoms with E-state index in [4.69, 9.17) is 4.74 Å². The van der Waals surface area contributed by atoms with Crippen molar-refractivity contribution >= 4 is 29.1 Å². The number of ether oxygens (including phenoxy) is 1. The van der Waals surface area contributed by atoms with Gasteiger partial charge in [-0.1, -0.05) is 18.2 Å². The molecule has 0 bridgehead atoms. The Morgan fingerprint density at radius 3 is 2.62 bits per heavy atom. The molecule has 0 spiro atoms. The van der Waals surface area contributed by atoms with Gasteiger partial charge in [0.25, 0.3) is 5.91 Å². The molecule has 1 aromatic heterocycles. The fourth-order valence-electron chi connectivity index (χ4n) is 3.05. The fourth-order valence-corrected chi connectivity index (χ4v) is 3.84. The predicted molar refractivity (Wildman–Crippen MR) is 98.7 cm³/mol. The van der Waals surface area contributed by atoms with E-state index < -0.39 is 17.5 Å². The minimum absolute atomic E-state index is 0.242. The molecule has 3 rings (SSSR count). The maximum Gasteiger partial charge on any atom is 0.325 e. The highest BCUT2D eigenvalue weighted by atomic mass is 32.1. The van der Waals surface area contributed by atoms with Crippen LogP contribution in [0.4, 0.5) is 4.79 Å². The van der Waals surface area contributed by atoms with Crippen molar-refractivity contribution in [1.82, 2.24) is 10.2 Å². The van der Waals surface area contributed by atoms with Crippen LogP contribution in [0, 0.1) is 6.92 Å². The number of carbonyl (C=O) groups excluding carboxylic acids is 3. The lowest BCUT2D eigenvalue weighted by molar-refractivity contribution is -0.130. The molecule has 1 atom stereocenters. The molecule has 26 heavy (non-hydrogen) atoms. The quantitative estimate of drug-likeness (QED) is 0.625. The van der Waals surface area contributed by atoms with Crippen LogP contribution in [0.25, 0.3) is 0 Å². The van der Waals surface area contributed by atoms with Gasteiger partial charge in [0.1, 0.15) is 11.3 Å². The molecule has 0 saturated carbocycles. The first-order chi connectivity index (χ1) is 12.3. The molecule has 1 fully saturated rings. The van der Waals surface area contributed by atoms with E-state index in [2.05, 4.69) is 5.32 Å². The monoisotopic (exact) mass is 372 g/mol. The largest absolute Gasteiger partial charge is 0.496 e. The minimum atomic E-state index is -1.11. The molecule has 2 aromatic rings. The van der Waals surface area contributed by atoms with Gasteiger partial charge in [-0.25, -0.2) is 4.79 Å². The van der Waals surface area contributed by atoms with E-state index in [1.165, 1.54) is 11.3 Å². The van der Waals surface area contributed by atoms with Crippen molar-refractivity contribution in [3.05, 3.63) is 51.7 Å². The van der Waals surface area contributed by atoms with Crippen molar-refractivity contribution in [3.8, 4) is 5.75 Å². The minimum Gasteiger partial charge on any atom is -0.496 e. The number of hydrogen-bond donors (Lipinski definition) is 1. The second kappa shape index (κ2) is 6.92. The van der Waals surface area contributed by atoms with Crippen LogP contribution < -0.4 is 10.1 Å². The van der Waals surface area contributed by atoms with Crippen molar-refractivity contribution in [3.63, 3.8) is 0 Å². The number of Topliss-reactive ketones (excluding diaryl/α,β-unsaturated/α-hetero) is 1. The Hall–Kier alpha value is -2.67. The molecule has 1 saturated heterocycles. The number of nitrogens with one attached hydrogen (secondary N) is 1. The maximum absolute atomic E-state index is 12.9. The summed E-state index contributed by atoms with van der Waals surface area (Å²) in [4.78, 5) is 40.1. The van der Waals surface area contributed by atoms with Gasteiger partial charge in [-0.15, -0.1) is 11.3 Å². The summed E-state index contributed by atoms with van der Waals surface area (Å²) >= 11 is 1.35. The first kappa shape index (κ1) is 18.1. The van der Waals surface area contributed by atoms with E-state index >= 15 is 0 Å². The number of para-hydroxylation sites is 1. The number of thiophene rings is 1. The van der Waals surface area contributed by atoms with Crippen molar-refractivity contribution < 1.29 is 19.1 Å². The Balaban J connectivity index is 1.78. The lowest BCUT2D eigenvalue weighted by Gasteiger charge is -2.22. The summed E-state index contributed by atoms with van der Waals surface area (Å²) in [6.07, 6.45) is 0.282. The molecule has 0 unspecified atom stereocenters. The average molecular weight is 372 g/mol. The van der Waals surface area contributed by atoms with E-state index in [9.17, 15) is 14.4 Å². The van der Waals surface area contributed by atoms with Crippen LogP contribution in [0.15, 0.2) is 36.4 Å². The summed E-state index contributed by atoms with van der Waals surface area (Å²) < 4.78 is 5.32. The number of amides is 3. The molecule has 136 valence electrons. The molecule has 1 N–H and O–H groups in total. The number of aryl methyl sites for hydroxylation is 1. The summed E-state index contributed by atoms with van der Waals surface area (Å²) in [5.41, 5.74) is -0.301. The Kier molecular flexibility index (Phi) is 4.82. The Bertz CT molecular complexity index is 876. The number of benzene rings is 1. The number of imide groups is 1. The number of methoxy groups -OCH3 is 1. The number of hydrogen-bond acceptors (Lipinski definition) is 5. The first-order valence-electron chi connectivity index (χ1n) is 8.20. The SMILES string of the molecule is COc1ccccc1C[C@@]1(C)NC(=O)N(CC(=O)c2ccc(C)s2)C1=O. The fraction of sp³-hybridized carbons (Fsp3) is 0.316. The van der Waals surface area contributed by atoms with E-state index in [-0.39, 0.29) is 18.7 Å². The molecule has 7 heteroatoms. The Morgan fingerprint density at radius 1 is 1.23 bits per heavy atom. The van der Waals surface area contributed by atoms with Gasteiger partial charge in [-0.3, -0.25) is 14.5 Å². The third kappa shape index (κ3) is 3.35. The zero-order valence-corrected chi connectivity index (χ0v) is 15.7. The molecule has 1 aliphatic rings. The third-order valence-corrected chi connectivity index (χ3v) is 5.44. The van der Waals surface area contributed by atoms with Crippen LogP contribution in [0.2, 0.25) is 0 Å². The molecule has 3 amide bonds. The van der Waals surface area contributed by atoms with Crippen LogP contribution in [0.3, 0.4) is 0 Å². The van der Waals surface area contributed by atoms with Gasteiger partial charge in [0.2, 0.25) is 0 Å². The van der Waals surface area contributed by atoms with Gasteiger partial charge in [0.05, 0.1) is 18.5 Å². The van der Waals surface area contributed by atoms with Gasteiger partial charge >= 0.3 is 6.03 Å². The standard InChI is InChI=1S/C19H20N2O4S/c1-12-8-9-16(26-12)14(22)11-21-17(23)19(2,20-18(21)24)10-13-6-4-5-7-15(13)25-3/h4-9H,10-11H2,1-3H3,(H,20,24)/t19-/m1/s1. The van der Waals surface area contributed by atoms with Crippen molar-refractivity contribution in [1.29, 1.82) is 0 Å². The van der Waals surface area contributed by atoms with Crippen LogP contribution in [-0.2, 0) is 11.2 Å². The third-order valence-electron chi connectivity index (χ3n) is 4.40. The smallest absolute Gasteiger partial charge is 0.325 e.